The summed E-state index contributed by atoms with van der Waals surface area (Å²) in [6.45, 7) is 7.37. The van der Waals surface area contributed by atoms with E-state index in [1.807, 2.05) is 6.07 Å². The van der Waals surface area contributed by atoms with Crippen LogP contribution in [-0.2, 0) is 4.74 Å². The minimum atomic E-state index is -0.520. The van der Waals surface area contributed by atoms with Crippen LogP contribution in [0.3, 0.4) is 0 Å². The van der Waals surface area contributed by atoms with E-state index in [4.69, 9.17) is 9.15 Å². The van der Waals surface area contributed by atoms with E-state index < -0.39 is 11.7 Å². The van der Waals surface area contributed by atoms with E-state index in [9.17, 15) is 10.2 Å². The molecule has 4 bridgehead atoms. The van der Waals surface area contributed by atoms with Gasteiger partial charge in [-0.05, 0) is 56.9 Å². The summed E-state index contributed by atoms with van der Waals surface area (Å²) < 4.78 is 11.6. The van der Waals surface area contributed by atoms with Gasteiger partial charge in [0.05, 0.1) is 36.9 Å². The van der Waals surface area contributed by atoms with Crippen molar-refractivity contribution < 1.29 is 19.4 Å². The number of ether oxygens (including phenoxy) is 1. The van der Waals surface area contributed by atoms with Crippen molar-refractivity contribution in [2.75, 3.05) is 6.61 Å². The standard InChI is InChI=1S/C20H30O4/c1-13-6-8-18(2)16-4-5-17(22)19(18,3)24-12-20(13,16)10-15(21)14-7-9-23-11-14/h7,9,11,13,15-17,21-22H,4-6,8,10,12H2,1-3H3/t13-,15-,16+,17-,18+,19-,20-/m1/s1. The third kappa shape index (κ3) is 1.96. The molecule has 2 N–H and O–H groups in total. The molecule has 4 nitrogen and oxygen atoms in total. The molecule has 0 aromatic carbocycles. The topological polar surface area (TPSA) is 62.8 Å². The van der Waals surface area contributed by atoms with E-state index in [1.165, 1.54) is 0 Å². The van der Waals surface area contributed by atoms with E-state index in [-0.39, 0.29) is 16.9 Å². The van der Waals surface area contributed by atoms with Crippen LogP contribution in [0.15, 0.2) is 23.0 Å². The molecule has 1 aliphatic heterocycles. The first-order chi connectivity index (χ1) is 11.3. The van der Waals surface area contributed by atoms with Crippen molar-refractivity contribution in [2.24, 2.45) is 22.7 Å². The van der Waals surface area contributed by atoms with E-state index in [1.54, 1.807) is 12.5 Å². The summed E-state index contributed by atoms with van der Waals surface area (Å²) in [5.74, 6) is 0.995. The third-order valence-corrected chi connectivity index (χ3v) is 8.18. The quantitative estimate of drug-likeness (QED) is 0.885. The minimum absolute atomic E-state index is 0.0223. The van der Waals surface area contributed by atoms with Crippen molar-refractivity contribution in [3.05, 3.63) is 24.2 Å². The Morgan fingerprint density at radius 1 is 1.29 bits per heavy atom. The van der Waals surface area contributed by atoms with Gasteiger partial charge in [-0.15, -0.1) is 0 Å². The Morgan fingerprint density at radius 2 is 2.08 bits per heavy atom. The molecule has 2 heterocycles. The predicted molar refractivity (Wildman–Crippen MR) is 90.3 cm³/mol. The third-order valence-electron chi connectivity index (χ3n) is 8.18. The van der Waals surface area contributed by atoms with Crippen LogP contribution in [-0.4, -0.2) is 28.5 Å². The van der Waals surface area contributed by atoms with Crippen molar-refractivity contribution >= 4 is 0 Å². The summed E-state index contributed by atoms with van der Waals surface area (Å²) in [6.07, 6.45) is 7.12. The maximum Gasteiger partial charge on any atom is 0.0968 e. The normalized spacial score (nSPS) is 49.0. The molecule has 24 heavy (non-hydrogen) atoms. The van der Waals surface area contributed by atoms with Crippen molar-refractivity contribution in [1.29, 1.82) is 0 Å². The number of furan rings is 1. The molecule has 0 unspecified atom stereocenters. The second-order valence-corrected chi connectivity index (χ2v) is 8.91. The van der Waals surface area contributed by atoms with E-state index >= 15 is 0 Å². The van der Waals surface area contributed by atoms with Gasteiger partial charge in [-0.25, -0.2) is 0 Å². The molecule has 1 aromatic heterocycles. The molecule has 0 spiro atoms. The van der Waals surface area contributed by atoms with E-state index in [0.29, 0.717) is 24.9 Å². The highest BCUT2D eigenvalue weighted by molar-refractivity contribution is 5.19. The monoisotopic (exact) mass is 334 g/mol. The smallest absolute Gasteiger partial charge is 0.0968 e. The Balaban J connectivity index is 1.71. The molecule has 3 fully saturated rings. The molecule has 1 aromatic rings. The minimum Gasteiger partial charge on any atom is -0.472 e. The summed E-state index contributed by atoms with van der Waals surface area (Å²) >= 11 is 0. The lowest BCUT2D eigenvalue weighted by atomic mass is 9.41. The molecule has 134 valence electrons. The lowest BCUT2D eigenvalue weighted by molar-refractivity contribution is -0.325. The summed E-state index contributed by atoms with van der Waals surface area (Å²) in [6, 6.07) is 1.85. The number of hydrogen-bond donors (Lipinski definition) is 2. The van der Waals surface area contributed by atoms with Crippen LogP contribution in [0.1, 0.15) is 64.5 Å². The second kappa shape index (κ2) is 5.33. The van der Waals surface area contributed by atoms with Crippen molar-refractivity contribution in [1.82, 2.24) is 0 Å². The second-order valence-electron chi connectivity index (χ2n) is 8.91. The fourth-order valence-electron chi connectivity index (χ4n) is 6.27. The SMILES string of the molecule is C[C@@H]1CC[C@@]2(C)[C@@H]3CC[C@@H](O)[C@@]2(C)OC[C@]13C[C@@H](O)c1ccoc1. The number of hydrogen-bond acceptors (Lipinski definition) is 4. The summed E-state index contributed by atoms with van der Waals surface area (Å²) in [5.41, 5.74) is 0.350. The zero-order chi connectivity index (χ0) is 17.2. The number of aliphatic hydroxyl groups excluding tert-OH is 2. The van der Waals surface area contributed by atoms with Crippen molar-refractivity contribution in [3.8, 4) is 0 Å². The molecule has 4 rings (SSSR count). The number of aliphatic hydroxyl groups is 2. The average Bonchev–Trinajstić information content (AvgIpc) is 3.08. The summed E-state index contributed by atoms with van der Waals surface area (Å²) in [7, 11) is 0. The van der Waals surface area contributed by atoms with Crippen LogP contribution >= 0.6 is 0 Å². The molecule has 0 amide bonds. The first kappa shape index (κ1) is 16.6. The van der Waals surface area contributed by atoms with Crippen LogP contribution in [0.25, 0.3) is 0 Å². The zero-order valence-corrected chi connectivity index (χ0v) is 15.0. The van der Waals surface area contributed by atoms with Crippen LogP contribution in [0.4, 0.5) is 0 Å². The highest BCUT2D eigenvalue weighted by Gasteiger charge is 2.68. The van der Waals surface area contributed by atoms with Gasteiger partial charge < -0.3 is 19.4 Å². The van der Waals surface area contributed by atoms with Gasteiger partial charge in [-0.1, -0.05) is 13.8 Å². The first-order valence-electron chi connectivity index (χ1n) is 9.36. The molecule has 0 radical (unpaired) electrons. The average molecular weight is 334 g/mol. The van der Waals surface area contributed by atoms with Gasteiger partial charge in [0.25, 0.3) is 0 Å². The number of rotatable bonds is 3. The molecular formula is C20H30O4. The van der Waals surface area contributed by atoms with Gasteiger partial charge in [-0.3, -0.25) is 0 Å². The Bertz CT molecular complexity index is 599. The predicted octanol–water partition coefficient (Wildman–Crippen LogP) is 3.69. The molecule has 4 heteroatoms. The first-order valence-corrected chi connectivity index (χ1v) is 9.36. The molecule has 3 aliphatic rings. The molecule has 1 saturated heterocycles. The van der Waals surface area contributed by atoms with Crippen LogP contribution in [0.2, 0.25) is 0 Å². The van der Waals surface area contributed by atoms with Crippen LogP contribution < -0.4 is 0 Å². The van der Waals surface area contributed by atoms with Gasteiger partial charge in [0.2, 0.25) is 0 Å². The highest BCUT2D eigenvalue weighted by atomic mass is 16.5. The summed E-state index contributed by atoms with van der Waals surface area (Å²) in [5, 5.41) is 21.5. The van der Waals surface area contributed by atoms with E-state index in [0.717, 1.165) is 31.2 Å². The van der Waals surface area contributed by atoms with Crippen LogP contribution in [0, 0.1) is 22.7 Å². The van der Waals surface area contributed by atoms with Gasteiger partial charge in [0.1, 0.15) is 0 Å². The zero-order valence-electron chi connectivity index (χ0n) is 15.0. The fraction of sp³-hybridized carbons (Fsp3) is 0.800. The lowest BCUT2D eigenvalue weighted by Crippen LogP contribution is -2.72. The molecule has 7 atom stereocenters. The molecule has 2 saturated carbocycles. The molecule has 2 aliphatic carbocycles. The Morgan fingerprint density at radius 3 is 2.79 bits per heavy atom. The van der Waals surface area contributed by atoms with Gasteiger partial charge >= 0.3 is 0 Å². The molecular weight excluding hydrogens is 304 g/mol. The largest absolute Gasteiger partial charge is 0.472 e. The summed E-state index contributed by atoms with van der Waals surface area (Å²) in [4.78, 5) is 0. The Kier molecular flexibility index (Phi) is 3.69. The van der Waals surface area contributed by atoms with Crippen molar-refractivity contribution in [3.63, 3.8) is 0 Å². The van der Waals surface area contributed by atoms with E-state index in [2.05, 4.69) is 20.8 Å². The van der Waals surface area contributed by atoms with Crippen molar-refractivity contribution in [2.45, 2.75) is 70.7 Å². The van der Waals surface area contributed by atoms with Gasteiger partial charge in [0.15, 0.2) is 0 Å². The maximum atomic E-state index is 10.8. The lowest BCUT2D eigenvalue weighted by Gasteiger charge is -2.70. The maximum absolute atomic E-state index is 10.8. The Hall–Kier alpha value is -0.840. The fourth-order valence-corrected chi connectivity index (χ4v) is 6.27. The Labute approximate surface area is 144 Å². The van der Waals surface area contributed by atoms with Gasteiger partial charge in [-0.2, -0.15) is 0 Å². The highest BCUT2D eigenvalue weighted by Crippen LogP contribution is 2.68. The van der Waals surface area contributed by atoms with Crippen LogP contribution in [0.5, 0.6) is 0 Å². The van der Waals surface area contributed by atoms with Gasteiger partial charge in [0, 0.05) is 16.4 Å².